The Labute approximate surface area is 94.9 Å². The molecule has 4 heteroatoms. The maximum Gasteiger partial charge on any atom is 0.254 e. The fourth-order valence-electron chi connectivity index (χ4n) is 2.05. The summed E-state index contributed by atoms with van der Waals surface area (Å²) in [6.45, 7) is 3.46. The highest BCUT2D eigenvalue weighted by atomic mass is 16.3. The molecule has 0 saturated carbocycles. The number of aryl methyl sites for hydroxylation is 1. The van der Waals surface area contributed by atoms with Crippen molar-refractivity contribution in [2.24, 2.45) is 5.92 Å². The topological polar surface area (TPSA) is 53.4 Å². The van der Waals surface area contributed by atoms with E-state index in [-0.39, 0.29) is 18.4 Å². The number of carbonyl (C=O) groups is 1. The lowest BCUT2D eigenvalue weighted by atomic mass is 10.1. The summed E-state index contributed by atoms with van der Waals surface area (Å²) < 4.78 is 0. The van der Waals surface area contributed by atoms with Gasteiger partial charge in [-0.15, -0.1) is 0 Å². The van der Waals surface area contributed by atoms with Gasteiger partial charge in [-0.25, -0.2) is 0 Å². The highest BCUT2D eigenvalue weighted by Crippen LogP contribution is 2.19. The third-order valence-corrected chi connectivity index (χ3v) is 3.08. The quantitative estimate of drug-likeness (QED) is 0.803. The number of likely N-dealkylation sites (tertiary alicyclic amines) is 1. The zero-order valence-corrected chi connectivity index (χ0v) is 9.39. The van der Waals surface area contributed by atoms with E-state index < -0.39 is 0 Å². The van der Waals surface area contributed by atoms with Gasteiger partial charge in [0.05, 0.1) is 0 Å². The van der Waals surface area contributed by atoms with Gasteiger partial charge in [0, 0.05) is 43.6 Å². The highest BCUT2D eigenvalue weighted by molar-refractivity contribution is 5.95. The molecule has 86 valence electrons. The first-order valence-corrected chi connectivity index (χ1v) is 5.53. The lowest BCUT2D eigenvalue weighted by molar-refractivity contribution is 0.0781. The van der Waals surface area contributed by atoms with Crippen LogP contribution in [0.15, 0.2) is 18.5 Å². The van der Waals surface area contributed by atoms with E-state index in [4.69, 9.17) is 5.11 Å². The van der Waals surface area contributed by atoms with E-state index in [0.29, 0.717) is 12.1 Å². The first-order chi connectivity index (χ1) is 7.72. The van der Waals surface area contributed by atoms with Crippen LogP contribution in [0.3, 0.4) is 0 Å². The summed E-state index contributed by atoms with van der Waals surface area (Å²) in [5.41, 5.74) is 1.62. The molecule has 1 fully saturated rings. The second-order valence-corrected chi connectivity index (χ2v) is 4.28. The zero-order chi connectivity index (χ0) is 11.5. The monoisotopic (exact) mass is 220 g/mol. The second kappa shape index (κ2) is 4.61. The molecule has 4 nitrogen and oxygen atoms in total. The predicted molar refractivity (Wildman–Crippen MR) is 60.1 cm³/mol. The molecular weight excluding hydrogens is 204 g/mol. The molecule has 1 saturated heterocycles. The van der Waals surface area contributed by atoms with E-state index in [2.05, 4.69) is 4.98 Å². The minimum Gasteiger partial charge on any atom is -0.396 e. The van der Waals surface area contributed by atoms with Crippen LogP contribution in [-0.4, -0.2) is 40.6 Å². The molecule has 1 aromatic rings. The number of rotatable bonds is 2. The van der Waals surface area contributed by atoms with Gasteiger partial charge in [-0.1, -0.05) is 0 Å². The molecule has 1 amide bonds. The van der Waals surface area contributed by atoms with E-state index in [1.54, 1.807) is 18.5 Å². The number of hydrogen-bond acceptors (Lipinski definition) is 3. The van der Waals surface area contributed by atoms with Crippen molar-refractivity contribution in [2.45, 2.75) is 13.3 Å². The summed E-state index contributed by atoms with van der Waals surface area (Å²) in [5, 5.41) is 9.04. The van der Waals surface area contributed by atoms with Crippen molar-refractivity contribution in [3.05, 3.63) is 29.6 Å². The van der Waals surface area contributed by atoms with E-state index in [1.165, 1.54) is 0 Å². The number of hydrogen-bond donors (Lipinski definition) is 1. The third-order valence-electron chi connectivity index (χ3n) is 3.08. The van der Waals surface area contributed by atoms with Crippen LogP contribution in [0.4, 0.5) is 0 Å². The average Bonchev–Trinajstić information content (AvgIpc) is 2.77. The Balaban J connectivity index is 2.12. The predicted octanol–water partition coefficient (Wildman–Crippen LogP) is 0.844. The fourth-order valence-corrected chi connectivity index (χ4v) is 2.05. The molecule has 0 unspecified atom stereocenters. The summed E-state index contributed by atoms with van der Waals surface area (Å²) in [6.07, 6.45) is 4.24. The van der Waals surface area contributed by atoms with Crippen LogP contribution in [0.2, 0.25) is 0 Å². The van der Waals surface area contributed by atoms with E-state index in [0.717, 1.165) is 18.5 Å². The van der Waals surface area contributed by atoms with Crippen LogP contribution in [0.5, 0.6) is 0 Å². The number of aliphatic hydroxyl groups is 1. The van der Waals surface area contributed by atoms with Gasteiger partial charge in [-0.2, -0.15) is 0 Å². The Kier molecular flexibility index (Phi) is 3.19. The van der Waals surface area contributed by atoms with Gasteiger partial charge in [0.2, 0.25) is 0 Å². The van der Waals surface area contributed by atoms with E-state index in [1.807, 2.05) is 11.8 Å². The van der Waals surface area contributed by atoms with Gasteiger partial charge < -0.3 is 10.0 Å². The summed E-state index contributed by atoms with van der Waals surface area (Å²) in [6, 6.07) is 1.75. The first kappa shape index (κ1) is 11.1. The minimum absolute atomic E-state index is 0.0517. The van der Waals surface area contributed by atoms with Crippen LogP contribution >= 0.6 is 0 Å². The summed E-state index contributed by atoms with van der Waals surface area (Å²) >= 11 is 0. The van der Waals surface area contributed by atoms with Crippen LogP contribution in [0.25, 0.3) is 0 Å². The molecule has 1 aliphatic rings. The smallest absolute Gasteiger partial charge is 0.254 e. The third kappa shape index (κ3) is 2.07. The molecule has 1 aliphatic heterocycles. The molecule has 0 aromatic carbocycles. The largest absolute Gasteiger partial charge is 0.396 e. The molecule has 0 aliphatic carbocycles. The molecule has 0 bridgehead atoms. The summed E-state index contributed by atoms with van der Waals surface area (Å²) in [7, 11) is 0. The van der Waals surface area contributed by atoms with Gasteiger partial charge in [-0.3, -0.25) is 9.78 Å². The van der Waals surface area contributed by atoms with Crippen LogP contribution in [-0.2, 0) is 0 Å². The average molecular weight is 220 g/mol. The van der Waals surface area contributed by atoms with Crippen LogP contribution in [0.1, 0.15) is 22.3 Å². The van der Waals surface area contributed by atoms with Gasteiger partial charge >= 0.3 is 0 Å². The zero-order valence-electron chi connectivity index (χ0n) is 9.39. The molecular formula is C12H16N2O2. The molecule has 0 radical (unpaired) electrons. The standard InChI is InChI=1S/C12H16N2O2/c1-9-6-13-4-2-11(9)12(16)14-5-3-10(7-14)8-15/h2,4,6,10,15H,3,5,7-8H2,1H3/t10-/m1/s1. The number of aromatic nitrogens is 1. The lowest BCUT2D eigenvalue weighted by Crippen LogP contribution is -2.29. The maximum absolute atomic E-state index is 12.1. The Morgan fingerprint density at radius 3 is 3.12 bits per heavy atom. The Hall–Kier alpha value is -1.42. The second-order valence-electron chi connectivity index (χ2n) is 4.28. The van der Waals surface area contributed by atoms with Gasteiger partial charge in [0.1, 0.15) is 0 Å². The minimum atomic E-state index is 0.0517. The molecule has 0 spiro atoms. The summed E-state index contributed by atoms with van der Waals surface area (Å²) in [5.74, 6) is 0.293. The molecule has 1 atom stereocenters. The SMILES string of the molecule is Cc1cnccc1C(=O)N1CC[C@@H](CO)C1. The van der Waals surface area contributed by atoms with Crippen molar-refractivity contribution in [1.29, 1.82) is 0 Å². The number of pyridine rings is 1. The van der Waals surface area contributed by atoms with Crippen molar-refractivity contribution in [3.8, 4) is 0 Å². The van der Waals surface area contributed by atoms with Crippen molar-refractivity contribution >= 4 is 5.91 Å². The Morgan fingerprint density at radius 1 is 1.69 bits per heavy atom. The first-order valence-electron chi connectivity index (χ1n) is 5.53. The lowest BCUT2D eigenvalue weighted by Gasteiger charge is -2.17. The normalized spacial score (nSPS) is 20.1. The Morgan fingerprint density at radius 2 is 2.50 bits per heavy atom. The molecule has 16 heavy (non-hydrogen) atoms. The van der Waals surface area contributed by atoms with Crippen LogP contribution in [0, 0.1) is 12.8 Å². The fraction of sp³-hybridized carbons (Fsp3) is 0.500. The number of carbonyl (C=O) groups excluding carboxylic acids is 1. The number of aliphatic hydroxyl groups excluding tert-OH is 1. The summed E-state index contributed by atoms with van der Waals surface area (Å²) in [4.78, 5) is 17.9. The van der Waals surface area contributed by atoms with Crippen molar-refractivity contribution in [1.82, 2.24) is 9.88 Å². The van der Waals surface area contributed by atoms with Crippen LogP contribution < -0.4 is 0 Å². The van der Waals surface area contributed by atoms with E-state index in [9.17, 15) is 4.79 Å². The molecule has 1 N–H and O–H groups in total. The van der Waals surface area contributed by atoms with Gasteiger partial charge in [0.25, 0.3) is 5.91 Å². The Bertz CT molecular complexity index is 392. The number of amides is 1. The molecule has 1 aromatic heterocycles. The van der Waals surface area contributed by atoms with Crippen molar-refractivity contribution in [3.63, 3.8) is 0 Å². The van der Waals surface area contributed by atoms with E-state index >= 15 is 0 Å². The maximum atomic E-state index is 12.1. The van der Waals surface area contributed by atoms with Crippen molar-refractivity contribution in [2.75, 3.05) is 19.7 Å². The molecule has 2 rings (SSSR count). The number of nitrogens with zero attached hydrogens (tertiary/aromatic N) is 2. The van der Waals surface area contributed by atoms with Crippen molar-refractivity contribution < 1.29 is 9.90 Å². The van der Waals surface area contributed by atoms with Gasteiger partial charge in [0.15, 0.2) is 0 Å². The molecule has 2 heterocycles. The highest BCUT2D eigenvalue weighted by Gasteiger charge is 2.26. The van der Waals surface area contributed by atoms with Gasteiger partial charge in [-0.05, 0) is 25.0 Å².